The van der Waals surface area contributed by atoms with E-state index in [-0.39, 0.29) is 12.0 Å². The standard InChI is InChI=1S/C10H13BrFNO2/c1-10(2,13)4-5-6(11)3-7(14)9(15)8(5)12/h3,14-15H,4,13H2,1-2H3. The summed E-state index contributed by atoms with van der Waals surface area (Å²) in [5.74, 6) is -2.06. The van der Waals surface area contributed by atoms with E-state index < -0.39 is 22.9 Å². The largest absolute Gasteiger partial charge is 0.504 e. The summed E-state index contributed by atoms with van der Waals surface area (Å²) in [6, 6.07) is 1.25. The van der Waals surface area contributed by atoms with E-state index in [0.717, 1.165) is 0 Å². The predicted octanol–water partition coefficient (Wildman–Crippen LogP) is 2.28. The van der Waals surface area contributed by atoms with Crippen LogP contribution in [0.15, 0.2) is 10.5 Å². The van der Waals surface area contributed by atoms with Crippen LogP contribution in [0.3, 0.4) is 0 Å². The van der Waals surface area contributed by atoms with Crippen LogP contribution in [0.25, 0.3) is 0 Å². The van der Waals surface area contributed by atoms with Crippen LogP contribution in [0.1, 0.15) is 19.4 Å². The molecule has 1 aromatic carbocycles. The highest BCUT2D eigenvalue weighted by molar-refractivity contribution is 9.10. The molecule has 0 spiro atoms. The summed E-state index contributed by atoms with van der Waals surface area (Å²) in [7, 11) is 0. The molecule has 0 heterocycles. The van der Waals surface area contributed by atoms with Crippen molar-refractivity contribution in [2.75, 3.05) is 0 Å². The van der Waals surface area contributed by atoms with Gasteiger partial charge in [-0.15, -0.1) is 0 Å². The molecule has 0 bridgehead atoms. The molecule has 4 N–H and O–H groups in total. The van der Waals surface area contributed by atoms with Gasteiger partial charge in [-0.1, -0.05) is 15.9 Å². The van der Waals surface area contributed by atoms with E-state index in [1.54, 1.807) is 13.8 Å². The summed E-state index contributed by atoms with van der Waals surface area (Å²) in [5, 5.41) is 18.4. The molecule has 0 atom stereocenters. The van der Waals surface area contributed by atoms with Gasteiger partial charge in [0, 0.05) is 15.6 Å². The Bertz CT molecular complexity index is 388. The molecule has 0 aromatic heterocycles. The lowest BCUT2D eigenvalue weighted by Crippen LogP contribution is -2.34. The summed E-state index contributed by atoms with van der Waals surface area (Å²) in [6.45, 7) is 3.51. The smallest absolute Gasteiger partial charge is 0.194 e. The number of halogens is 2. The monoisotopic (exact) mass is 277 g/mol. The lowest BCUT2D eigenvalue weighted by Gasteiger charge is -2.20. The number of rotatable bonds is 2. The molecule has 0 fully saturated rings. The van der Waals surface area contributed by atoms with Crippen molar-refractivity contribution in [2.45, 2.75) is 25.8 Å². The van der Waals surface area contributed by atoms with Crippen molar-refractivity contribution in [3.63, 3.8) is 0 Å². The van der Waals surface area contributed by atoms with Gasteiger partial charge in [-0.3, -0.25) is 0 Å². The molecular formula is C10H13BrFNO2. The van der Waals surface area contributed by atoms with E-state index in [1.807, 2.05) is 0 Å². The number of hydrogen-bond acceptors (Lipinski definition) is 3. The van der Waals surface area contributed by atoms with Crippen molar-refractivity contribution in [3.8, 4) is 11.5 Å². The highest BCUT2D eigenvalue weighted by Crippen LogP contribution is 2.36. The molecule has 0 aliphatic carbocycles. The minimum absolute atomic E-state index is 0.257. The quantitative estimate of drug-likeness (QED) is 0.727. The molecule has 0 aliphatic rings. The SMILES string of the molecule is CC(C)(N)Cc1c(Br)cc(O)c(O)c1F. The number of phenolic OH excluding ortho intramolecular Hbond substituents is 2. The van der Waals surface area contributed by atoms with Crippen molar-refractivity contribution < 1.29 is 14.6 Å². The first-order chi connectivity index (χ1) is 6.72. The van der Waals surface area contributed by atoms with E-state index >= 15 is 0 Å². The van der Waals surface area contributed by atoms with Crippen LogP contribution in [0, 0.1) is 5.82 Å². The van der Waals surface area contributed by atoms with Crippen molar-refractivity contribution in [3.05, 3.63) is 21.9 Å². The molecule has 0 aliphatic heterocycles. The zero-order valence-electron chi connectivity index (χ0n) is 8.51. The molecule has 5 heteroatoms. The van der Waals surface area contributed by atoms with Gasteiger partial charge >= 0.3 is 0 Å². The minimum atomic E-state index is -0.833. The molecule has 0 saturated heterocycles. The lowest BCUT2D eigenvalue weighted by atomic mass is 9.95. The first-order valence-corrected chi connectivity index (χ1v) is 5.19. The van der Waals surface area contributed by atoms with Gasteiger partial charge in [0.25, 0.3) is 0 Å². The third-order valence-electron chi connectivity index (χ3n) is 1.90. The van der Waals surface area contributed by atoms with E-state index in [1.165, 1.54) is 6.07 Å². The Morgan fingerprint density at radius 3 is 2.47 bits per heavy atom. The molecule has 0 saturated carbocycles. The number of aromatic hydroxyl groups is 2. The molecule has 3 nitrogen and oxygen atoms in total. The molecule has 0 unspecified atom stereocenters. The summed E-state index contributed by atoms with van der Waals surface area (Å²) in [6.07, 6.45) is 0.257. The third-order valence-corrected chi connectivity index (χ3v) is 2.61. The Hall–Kier alpha value is -0.810. The third kappa shape index (κ3) is 2.82. The maximum Gasteiger partial charge on any atom is 0.194 e. The molecule has 84 valence electrons. The molecule has 1 rings (SSSR count). The van der Waals surface area contributed by atoms with Crippen LogP contribution in [0.2, 0.25) is 0 Å². The Kier molecular flexibility index (Phi) is 3.25. The van der Waals surface area contributed by atoms with Gasteiger partial charge in [-0.05, 0) is 26.3 Å². The predicted molar refractivity (Wildman–Crippen MR) is 59.4 cm³/mol. The Morgan fingerprint density at radius 1 is 1.47 bits per heavy atom. The topological polar surface area (TPSA) is 66.5 Å². The van der Waals surface area contributed by atoms with Crippen molar-refractivity contribution in [1.29, 1.82) is 0 Å². The van der Waals surface area contributed by atoms with Gasteiger partial charge in [0.15, 0.2) is 17.3 Å². The van der Waals surface area contributed by atoms with Gasteiger partial charge in [0.1, 0.15) is 0 Å². The van der Waals surface area contributed by atoms with Gasteiger partial charge in [0.2, 0.25) is 0 Å². The van der Waals surface area contributed by atoms with Crippen LogP contribution in [-0.2, 0) is 6.42 Å². The second-order valence-corrected chi connectivity index (χ2v) is 5.04. The van der Waals surface area contributed by atoms with Crippen molar-refractivity contribution in [1.82, 2.24) is 0 Å². The van der Waals surface area contributed by atoms with Gasteiger partial charge in [-0.2, -0.15) is 0 Å². The summed E-state index contributed by atoms with van der Waals surface area (Å²) in [5.41, 5.74) is 5.43. The van der Waals surface area contributed by atoms with Gasteiger partial charge in [-0.25, -0.2) is 4.39 Å². The van der Waals surface area contributed by atoms with Crippen LogP contribution < -0.4 is 5.73 Å². The minimum Gasteiger partial charge on any atom is -0.504 e. The number of benzene rings is 1. The lowest BCUT2D eigenvalue weighted by molar-refractivity contribution is 0.373. The Labute approximate surface area is 95.9 Å². The van der Waals surface area contributed by atoms with Crippen LogP contribution in [0.4, 0.5) is 4.39 Å². The fraction of sp³-hybridized carbons (Fsp3) is 0.400. The second kappa shape index (κ2) is 3.98. The first kappa shape index (κ1) is 12.3. The van der Waals surface area contributed by atoms with E-state index in [2.05, 4.69) is 15.9 Å². The molecule has 0 amide bonds. The number of phenols is 2. The van der Waals surface area contributed by atoms with Crippen LogP contribution in [0.5, 0.6) is 11.5 Å². The highest BCUT2D eigenvalue weighted by atomic mass is 79.9. The fourth-order valence-electron chi connectivity index (χ4n) is 1.25. The Balaban J connectivity index is 3.24. The summed E-state index contributed by atoms with van der Waals surface area (Å²) >= 11 is 3.12. The summed E-state index contributed by atoms with van der Waals surface area (Å²) in [4.78, 5) is 0. The van der Waals surface area contributed by atoms with E-state index in [4.69, 9.17) is 10.8 Å². The van der Waals surface area contributed by atoms with Gasteiger partial charge in [0.05, 0.1) is 0 Å². The molecule has 0 radical (unpaired) electrons. The van der Waals surface area contributed by atoms with E-state index in [9.17, 15) is 9.50 Å². The van der Waals surface area contributed by atoms with Crippen molar-refractivity contribution in [2.24, 2.45) is 5.73 Å². The second-order valence-electron chi connectivity index (χ2n) is 4.18. The molecule has 1 aromatic rings. The summed E-state index contributed by atoms with van der Waals surface area (Å²) < 4.78 is 14.0. The zero-order valence-corrected chi connectivity index (χ0v) is 10.1. The highest BCUT2D eigenvalue weighted by Gasteiger charge is 2.21. The number of nitrogens with two attached hydrogens (primary N) is 1. The maximum atomic E-state index is 13.6. The average Bonchev–Trinajstić information content (AvgIpc) is 2.07. The van der Waals surface area contributed by atoms with Crippen LogP contribution in [-0.4, -0.2) is 15.8 Å². The normalized spacial score (nSPS) is 11.8. The first-order valence-electron chi connectivity index (χ1n) is 4.40. The van der Waals surface area contributed by atoms with E-state index in [0.29, 0.717) is 4.47 Å². The van der Waals surface area contributed by atoms with Gasteiger partial charge < -0.3 is 15.9 Å². The fourth-order valence-corrected chi connectivity index (χ4v) is 1.78. The maximum absolute atomic E-state index is 13.6. The zero-order chi connectivity index (χ0) is 11.8. The average molecular weight is 278 g/mol. The molecule has 15 heavy (non-hydrogen) atoms. The van der Waals surface area contributed by atoms with Crippen LogP contribution >= 0.6 is 15.9 Å². The number of hydrogen-bond donors (Lipinski definition) is 3. The molecular weight excluding hydrogens is 265 g/mol. The Morgan fingerprint density at radius 2 is 2.00 bits per heavy atom. The van der Waals surface area contributed by atoms with Crippen molar-refractivity contribution >= 4 is 15.9 Å².